The van der Waals surface area contributed by atoms with Crippen molar-refractivity contribution in [1.82, 2.24) is 4.90 Å². The minimum absolute atomic E-state index is 0.00379. The summed E-state index contributed by atoms with van der Waals surface area (Å²) in [5.74, 6) is 0.116. The summed E-state index contributed by atoms with van der Waals surface area (Å²) in [6, 6.07) is 7.76. The number of hydrogen-bond donors (Lipinski definition) is 1. The molecule has 1 amide bonds. The van der Waals surface area contributed by atoms with E-state index in [1.165, 1.54) is 18.7 Å². The molecule has 1 fully saturated rings. The second kappa shape index (κ2) is 7.13. The minimum Gasteiger partial charge on any atom is -0.350 e. The summed E-state index contributed by atoms with van der Waals surface area (Å²) in [7, 11) is 0. The first-order valence-electron chi connectivity index (χ1n) is 6.59. The van der Waals surface area contributed by atoms with Crippen LogP contribution in [0.2, 0.25) is 0 Å². The van der Waals surface area contributed by atoms with E-state index in [1.54, 1.807) is 4.90 Å². The van der Waals surface area contributed by atoms with Gasteiger partial charge in [0, 0.05) is 35.6 Å². The Balaban J connectivity index is 2.25. The van der Waals surface area contributed by atoms with E-state index in [0.29, 0.717) is 25.1 Å². The lowest BCUT2D eigenvalue weighted by Gasteiger charge is -2.28. The fourth-order valence-corrected chi connectivity index (χ4v) is 3.04. The molecule has 1 aliphatic heterocycles. The lowest BCUT2D eigenvalue weighted by atomic mass is 10.0. The molecule has 0 spiro atoms. The van der Waals surface area contributed by atoms with Gasteiger partial charge in [-0.05, 0) is 30.5 Å². The Morgan fingerprint density at radius 2 is 2.00 bits per heavy atom. The molecule has 112 valence electrons. The van der Waals surface area contributed by atoms with Crippen LogP contribution in [-0.2, 0) is 9.59 Å². The molecule has 0 saturated carbocycles. The van der Waals surface area contributed by atoms with Crippen LogP contribution >= 0.6 is 27.7 Å². The van der Waals surface area contributed by atoms with Gasteiger partial charge in [0.2, 0.25) is 5.91 Å². The third kappa shape index (κ3) is 4.11. The molecule has 2 rings (SSSR count). The standard InChI is InChI=1S/C15H17BrN2O2S/c1-10(19)18-8-7-14(20)13(9-18)15(21-2)17-12-5-3-11(16)4-6-12/h3-6,17H,7-9H2,1-2H3. The maximum atomic E-state index is 12.2. The molecule has 0 aromatic heterocycles. The van der Waals surface area contributed by atoms with Gasteiger partial charge < -0.3 is 10.2 Å². The highest BCUT2D eigenvalue weighted by atomic mass is 79.9. The Bertz CT molecular complexity index is 584. The van der Waals surface area contributed by atoms with Crippen LogP contribution in [0.5, 0.6) is 0 Å². The van der Waals surface area contributed by atoms with Gasteiger partial charge in [0.1, 0.15) is 0 Å². The van der Waals surface area contributed by atoms with Crippen LogP contribution in [0.15, 0.2) is 39.3 Å². The lowest BCUT2D eigenvalue weighted by Crippen LogP contribution is -2.39. The maximum Gasteiger partial charge on any atom is 0.219 e. The third-order valence-electron chi connectivity index (χ3n) is 3.32. The minimum atomic E-state index is 0.00379. The third-order valence-corrected chi connectivity index (χ3v) is 4.61. The summed E-state index contributed by atoms with van der Waals surface area (Å²) in [6.45, 7) is 2.43. The smallest absolute Gasteiger partial charge is 0.219 e. The summed E-state index contributed by atoms with van der Waals surface area (Å²) < 4.78 is 1.00. The molecule has 21 heavy (non-hydrogen) atoms. The second-order valence-corrected chi connectivity index (χ2v) is 6.49. The summed E-state index contributed by atoms with van der Waals surface area (Å²) in [4.78, 5) is 25.4. The first-order valence-corrected chi connectivity index (χ1v) is 8.61. The van der Waals surface area contributed by atoms with E-state index < -0.39 is 0 Å². The number of ketones is 1. The molecule has 0 radical (unpaired) electrons. The Kier molecular flexibility index (Phi) is 5.47. The number of nitrogens with one attached hydrogen (secondary N) is 1. The molecule has 1 saturated heterocycles. The number of nitrogens with zero attached hydrogens (tertiary/aromatic N) is 1. The molecule has 0 aliphatic carbocycles. The van der Waals surface area contributed by atoms with Crippen molar-refractivity contribution in [2.75, 3.05) is 24.7 Å². The summed E-state index contributed by atoms with van der Waals surface area (Å²) in [5, 5.41) is 4.09. The number of rotatable bonds is 3. The number of thioether (sulfide) groups is 1. The Morgan fingerprint density at radius 1 is 1.33 bits per heavy atom. The highest BCUT2D eigenvalue weighted by Gasteiger charge is 2.25. The molecule has 1 aromatic rings. The summed E-state index contributed by atoms with van der Waals surface area (Å²) in [5.41, 5.74) is 1.61. The highest BCUT2D eigenvalue weighted by Crippen LogP contribution is 2.25. The number of anilines is 1. The van der Waals surface area contributed by atoms with Gasteiger partial charge in [0.25, 0.3) is 0 Å². The molecular formula is C15H17BrN2O2S. The van der Waals surface area contributed by atoms with E-state index in [1.807, 2.05) is 30.5 Å². The highest BCUT2D eigenvalue weighted by molar-refractivity contribution is 9.10. The average Bonchev–Trinajstić information content (AvgIpc) is 2.47. The largest absolute Gasteiger partial charge is 0.350 e. The van der Waals surface area contributed by atoms with Gasteiger partial charge in [-0.2, -0.15) is 0 Å². The Labute approximate surface area is 137 Å². The van der Waals surface area contributed by atoms with Crippen molar-refractivity contribution in [2.45, 2.75) is 13.3 Å². The van der Waals surface area contributed by atoms with E-state index in [2.05, 4.69) is 21.2 Å². The SMILES string of the molecule is CSC(Nc1ccc(Br)cc1)=C1CN(C(C)=O)CCC1=O. The van der Waals surface area contributed by atoms with Gasteiger partial charge in [0.05, 0.1) is 11.6 Å². The molecule has 1 aromatic carbocycles. The molecule has 0 atom stereocenters. The molecule has 4 nitrogen and oxygen atoms in total. The normalized spacial score (nSPS) is 17.7. The molecular weight excluding hydrogens is 352 g/mol. The first-order chi connectivity index (χ1) is 10.0. The van der Waals surface area contributed by atoms with Crippen LogP contribution in [0.1, 0.15) is 13.3 Å². The molecule has 1 N–H and O–H groups in total. The van der Waals surface area contributed by atoms with E-state index in [9.17, 15) is 9.59 Å². The van der Waals surface area contributed by atoms with Gasteiger partial charge in [-0.1, -0.05) is 15.9 Å². The number of amides is 1. The number of piperidine rings is 1. The molecule has 6 heteroatoms. The predicted octanol–water partition coefficient (Wildman–Crippen LogP) is 3.26. The maximum absolute atomic E-state index is 12.2. The Hall–Kier alpha value is -1.27. The van der Waals surface area contributed by atoms with Gasteiger partial charge in [-0.25, -0.2) is 0 Å². The summed E-state index contributed by atoms with van der Waals surface area (Å²) in [6.07, 6.45) is 2.31. The van der Waals surface area contributed by atoms with Crippen molar-refractivity contribution in [3.63, 3.8) is 0 Å². The fraction of sp³-hybridized carbons (Fsp3) is 0.333. The van der Waals surface area contributed by atoms with Crippen LogP contribution in [0, 0.1) is 0 Å². The van der Waals surface area contributed by atoms with Crippen molar-refractivity contribution in [3.8, 4) is 0 Å². The van der Waals surface area contributed by atoms with Crippen LogP contribution < -0.4 is 5.32 Å². The van der Waals surface area contributed by atoms with Crippen molar-refractivity contribution in [3.05, 3.63) is 39.3 Å². The van der Waals surface area contributed by atoms with Gasteiger partial charge in [-0.15, -0.1) is 11.8 Å². The van der Waals surface area contributed by atoms with E-state index in [0.717, 1.165) is 15.2 Å². The van der Waals surface area contributed by atoms with Crippen LogP contribution in [0.3, 0.4) is 0 Å². The number of hydrogen-bond acceptors (Lipinski definition) is 4. The van der Waals surface area contributed by atoms with Crippen LogP contribution in [0.25, 0.3) is 0 Å². The summed E-state index contributed by atoms with van der Waals surface area (Å²) >= 11 is 4.89. The second-order valence-electron chi connectivity index (χ2n) is 4.76. The Morgan fingerprint density at radius 3 is 2.57 bits per heavy atom. The lowest BCUT2D eigenvalue weighted by molar-refractivity contribution is -0.130. The van der Waals surface area contributed by atoms with Crippen molar-refractivity contribution >= 4 is 45.1 Å². The zero-order chi connectivity index (χ0) is 15.4. The van der Waals surface area contributed by atoms with Crippen LogP contribution in [0.4, 0.5) is 5.69 Å². The number of carbonyl (C=O) groups excluding carboxylic acids is 2. The van der Waals surface area contributed by atoms with Gasteiger partial charge in [-0.3, -0.25) is 9.59 Å². The molecule has 1 heterocycles. The van der Waals surface area contributed by atoms with Crippen molar-refractivity contribution in [2.24, 2.45) is 0 Å². The van der Waals surface area contributed by atoms with Gasteiger partial charge in [0.15, 0.2) is 5.78 Å². The first kappa shape index (κ1) is 16.1. The number of carbonyl (C=O) groups is 2. The van der Waals surface area contributed by atoms with Crippen molar-refractivity contribution < 1.29 is 9.59 Å². The topological polar surface area (TPSA) is 49.4 Å². The molecule has 0 unspecified atom stereocenters. The van der Waals surface area contributed by atoms with Crippen molar-refractivity contribution in [1.29, 1.82) is 0 Å². The zero-order valence-electron chi connectivity index (χ0n) is 12.0. The number of halogens is 1. The fourth-order valence-electron chi connectivity index (χ4n) is 2.13. The number of benzene rings is 1. The molecule has 1 aliphatic rings. The van der Waals surface area contributed by atoms with Crippen LogP contribution in [-0.4, -0.2) is 35.9 Å². The predicted molar refractivity (Wildman–Crippen MR) is 90.2 cm³/mol. The number of likely N-dealkylation sites (tertiary alicyclic amines) is 1. The molecule has 0 bridgehead atoms. The monoisotopic (exact) mass is 368 g/mol. The average molecular weight is 369 g/mol. The number of Topliss-reactive ketones (excluding diaryl/α,β-unsaturated/α-hetero) is 1. The van der Waals surface area contributed by atoms with E-state index in [-0.39, 0.29) is 11.7 Å². The van der Waals surface area contributed by atoms with Gasteiger partial charge >= 0.3 is 0 Å². The van der Waals surface area contributed by atoms with E-state index in [4.69, 9.17) is 0 Å². The zero-order valence-corrected chi connectivity index (χ0v) is 14.4. The quantitative estimate of drug-likeness (QED) is 0.831. The van der Waals surface area contributed by atoms with E-state index >= 15 is 0 Å².